The Hall–Kier alpha value is -1.73. The fourth-order valence-corrected chi connectivity index (χ4v) is 3.16. The second kappa shape index (κ2) is 6.64. The van der Waals surface area contributed by atoms with Crippen molar-refractivity contribution in [3.8, 4) is 0 Å². The second-order valence-corrected chi connectivity index (χ2v) is 6.75. The number of nitrogens with one attached hydrogen (secondary N) is 2. The van der Waals surface area contributed by atoms with Crippen molar-refractivity contribution in [2.75, 3.05) is 26.3 Å². The molecule has 0 atom stereocenters. The van der Waals surface area contributed by atoms with Crippen molar-refractivity contribution in [2.24, 2.45) is 0 Å². The van der Waals surface area contributed by atoms with Gasteiger partial charge in [-0.15, -0.1) is 0 Å². The number of rotatable bonds is 5. The van der Waals surface area contributed by atoms with Gasteiger partial charge in [-0.2, -0.15) is 0 Å². The molecule has 1 heterocycles. The quantitative estimate of drug-likeness (QED) is 0.766. The Balaban J connectivity index is 1.53. The summed E-state index contributed by atoms with van der Waals surface area (Å²) in [6, 6.07) is 3.36. The summed E-state index contributed by atoms with van der Waals surface area (Å²) in [7, 11) is 0. The molecule has 0 bridgehead atoms. The van der Waals surface area contributed by atoms with Gasteiger partial charge in [0, 0.05) is 50.1 Å². The highest BCUT2D eigenvalue weighted by molar-refractivity contribution is 5.74. The van der Waals surface area contributed by atoms with Crippen LogP contribution >= 0.6 is 0 Å². The van der Waals surface area contributed by atoms with Gasteiger partial charge in [0.2, 0.25) is 0 Å². The van der Waals surface area contributed by atoms with Crippen LogP contribution in [0.15, 0.2) is 18.2 Å². The number of benzene rings is 1. The third kappa shape index (κ3) is 3.67. The molecule has 5 nitrogen and oxygen atoms in total. The van der Waals surface area contributed by atoms with Gasteiger partial charge in [-0.25, -0.2) is 13.6 Å². The predicted molar refractivity (Wildman–Crippen MR) is 83.7 cm³/mol. The maximum Gasteiger partial charge on any atom is 0.314 e. The minimum absolute atomic E-state index is 0.0494. The molecule has 1 aromatic carbocycles. The van der Waals surface area contributed by atoms with Crippen LogP contribution in [-0.4, -0.2) is 43.0 Å². The summed E-state index contributed by atoms with van der Waals surface area (Å²) >= 11 is 0. The largest absolute Gasteiger partial charge is 0.388 e. The van der Waals surface area contributed by atoms with Gasteiger partial charge in [-0.1, -0.05) is 6.07 Å². The van der Waals surface area contributed by atoms with Crippen LogP contribution < -0.4 is 10.6 Å². The molecule has 0 unspecified atom stereocenters. The van der Waals surface area contributed by atoms with Crippen molar-refractivity contribution in [2.45, 2.75) is 36.7 Å². The molecule has 1 aliphatic carbocycles. The summed E-state index contributed by atoms with van der Waals surface area (Å²) < 4.78 is 33.1. The number of aliphatic hydroxyl groups is 1. The van der Waals surface area contributed by atoms with Crippen molar-refractivity contribution in [1.82, 2.24) is 10.6 Å². The maximum atomic E-state index is 13.9. The van der Waals surface area contributed by atoms with Crippen LogP contribution in [0.3, 0.4) is 0 Å². The minimum atomic E-state index is -0.954. The number of urea groups is 1. The van der Waals surface area contributed by atoms with E-state index in [2.05, 4.69) is 10.6 Å². The van der Waals surface area contributed by atoms with E-state index in [-0.39, 0.29) is 18.7 Å². The zero-order valence-electron chi connectivity index (χ0n) is 13.4. The summed E-state index contributed by atoms with van der Waals surface area (Å²) in [5.41, 5.74) is -1.57. The van der Waals surface area contributed by atoms with Gasteiger partial charge in [-0.3, -0.25) is 0 Å². The van der Waals surface area contributed by atoms with E-state index in [0.29, 0.717) is 38.9 Å². The smallest absolute Gasteiger partial charge is 0.314 e. The fourth-order valence-electron chi connectivity index (χ4n) is 3.16. The fraction of sp³-hybridized carbons (Fsp3) is 0.588. The SMILES string of the molecule is O=C(NCC1(O)CCOCC1)NCC1(c2c(F)cccc2F)CC1. The topological polar surface area (TPSA) is 70.6 Å². The summed E-state index contributed by atoms with van der Waals surface area (Å²) in [6.45, 7) is 1.23. The molecule has 2 amide bonds. The molecule has 1 aromatic rings. The third-order valence-electron chi connectivity index (χ3n) is 4.94. The third-order valence-corrected chi connectivity index (χ3v) is 4.94. The summed E-state index contributed by atoms with van der Waals surface area (Å²) in [5, 5.41) is 15.6. The minimum Gasteiger partial charge on any atom is -0.388 e. The van der Waals surface area contributed by atoms with Gasteiger partial charge < -0.3 is 20.5 Å². The highest BCUT2D eigenvalue weighted by atomic mass is 19.1. The second-order valence-electron chi connectivity index (χ2n) is 6.75. The standard InChI is InChI=1S/C17H22F2N2O3/c18-12-2-1-3-13(19)14(12)16(4-5-16)10-20-15(22)21-11-17(23)6-8-24-9-7-17/h1-3,23H,4-11H2,(H2,20,21,22). The van der Waals surface area contributed by atoms with Crippen LogP contribution in [-0.2, 0) is 10.2 Å². The molecule has 7 heteroatoms. The molecule has 1 saturated heterocycles. The zero-order valence-corrected chi connectivity index (χ0v) is 13.4. The van der Waals surface area contributed by atoms with Gasteiger partial charge in [0.25, 0.3) is 0 Å². The first-order chi connectivity index (χ1) is 11.4. The lowest BCUT2D eigenvalue weighted by molar-refractivity contribution is -0.0600. The molecule has 2 fully saturated rings. The molecule has 132 valence electrons. The number of hydrogen-bond donors (Lipinski definition) is 3. The first-order valence-corrected chi connectivity index (χ1v) is 8.21. The Morgan fingerprint density at radius 2 is 1.67 bits per heavy atom. The van der Waals surface area contributed by atoms with Gasteiger partial charge in [0.1, 0.15) is 11.6 Å². The van der Waals surface area contributed by atoms with Crippen molar-refractivity contribution in [1.29, 1.82) is 0 Å². The number of carbonyl (C=O) groups is 1. The molecule has 24 heavy (non-hydrogen) atoms. The number of hydrogen-bond acceptors (Lipinski definition) is 3. The summed E-state index contributed by atoms with van der Waals surface area (Å²) in [5.74, 6) is -1.16. The normalized spacial score (nSPS) is 21.1. The number of halogens is 2. The average molecular weight is 340 g/mol. The van der Waals surface area contributed by atoms with E-state index in [4.69, 9.17) is 4.74 Å². The lowest BCUT2D eigenvalue weighted by Gasteiger charge is -2.32. The molecule has 2 aliphatic rings. The Bertz CT molecular complexity index is 594. The molecule has 3 rings (SSSR count). The highest BCUT2D eigenvalue weighted by Crippen LogP contribution is 2.49. The molecule has 0 spiro atoms. The monoisotopic (exact) mass is 340 g/mol. The lowest BCUT2D eigenvalue weighted by atomic mass is 9.94. The number of amides is 2. The van der Waals surface area contributed by atoms with E-state index in [1.807, 2.05) is 0 Å². The van der Waals surface area contributed by atoms with Gasteiger partial charge in [0.05, 0.1) is 5.60 Å². The van der Waals surface area contributed by atoms with E-state index in [1.54, 1.807) is 0 Å². The van der Waals surface area contributed by atoms with Crippen molar-refractivity contribution in [3.63, 3.8) is 0 Å². The maximum absolute atomic E-state index is 13.9. The number of carbonyl (C=O) groups excluding carboxylic acids is 1. The van der Waals surface area contributed by atoms with Crippen LogP contribution in [0.5, 0.6) is 0 Å². The van der Waals surface area contributed by atoms with Crippen LogP contribution in [0.4, 0.5) is 13.6 Å². The zero-order chi connectivity index (χ0) is 17.2. The van der Waals surface area contributed by atoms with Crippen molar-refractivity contribution < 1.29 is 23.4 Å². The first kappa shape index (κ1) is 17.1. The molecule has 0 aromatic heterocycles. The molecular weight excluding hydrogens is 318 g/mol. The molecule has 1 aliphatic heterocycles. The summed E-state index contributed by atoms with van der Waals surface area (Å²) in [4.78, 5) is 12.0. The van der Waals surface area contributed by atoms with E-state index in [0.717, 1.165) is 0 Å². The van der Waals surface area contributed by atoms with Crippen LogP contribution in [0.1, 0.15) is 31.2 Å². The number of ether oxygens (including phenoxy) is 1. The molecule has 0 radical (unpaired) electrons. The van der Waals surface area contributed by atoms with Crippen LogP contribution in [0.25, 0.3) is 0 Å². The van der Waals surface area contributed by atoms with Gasteiger partial charge >= 0.3 is 6.03 Å². The highest BCUT2D eigenvalue weighted by Gasteiger charge is 2.48. The molecule has 3 N–H and O–H groups in total. The van der Waals surface area contributed by atoms with Crippen LogP contribution in [0, 0.1) is 11.6 Å². The van der Waals surface area contributed by atoms with Crippen LogP contribution in [0.2, 0.25) is 0 Å². The van der Waals surface area contributed by atoms with E-state index >= 15 is 0 Å². The Kier molecular flexibility index (Phi) is 4.73. The van der Waals surface area contributed by atoms with Crippen molar-refractivity contribution >= 4 is 6.03 Å². The van der Waals surface area contributed by atoms with Crippen molar-refractivity contribution in [3.05, 3.63) is 35.4 Å². The van der Waals surface area contributed by atoms with Gasteiger partial charge in [-0.05, 0) is 25.0 Å². The van der Waals surface area contributed by atoms with E-state index < -0.39 is 28.7 Å². The van der Waals surface area contributed by atoms with E-state index in [9.17, 15) is 18.7 Å². The van der Waals surface area contributed by atoms with Gasteiger partial charge in [0.15, 0.2) is 0 Å². The Labute approximate surface area is 139 Å². The first-order valence-electron chi connectivity index (χ1n) is 8.21. The molecule has 1 saturated carbocycles. The Morgan fingerprint density at radius 1 is 1.08 bits per heavy atom. The average Bonchev–Trinajstić information content (AvgIpc) is 3.32. The predicted octanol–water partition coefficient (Wildman–Crippen LogP) is 1.84. The lowest BCUT2D eigenvalue weighted by Crippen LogP contribution is -2.50. The Morgan fingerprint density at radius 3 is 2.25 bits per heavy atom. The summed E-state index contributed by atoms with van der Waals surface area (Å²) in [6.07, 6.45) is 2.20. The van der Waals surface area contributed by atoms with E-state index in [1.165, 1.54) is 18.2 Å². The molecular formula is C17H22F2N2O3.